The molecule has 0 fully saturated rings. The van der Waals surface area contributed by atoms with Crippen LogP contribution in [0.5, 0.6) is 0 Å². The van der Waals surface area contributed by atoms with Crippen LogP contribution in [0, 0.1) is 0 Å². The summed E-state index contributed by atoms with van der Waals surface area (Å²) in [6, 6.07) is 0. The normalized spacial score (nSPS) is 12.8. The third-order valence-electron chi connectivity index (χ3n) is 18.1. The molecule has 9 nitrogen and oxygen atoms in total. The van der Waals surface area contributed by atoms with Crippen LogP contribution in [0.2, 0.25) is 0 Å². The van der Waals surface area contributed by atoms with Crippen LogP contribution in [-0.2, 0) is 33.3 Å². The lowest BCUT2D eigenvalue weighted by molar-refractivity contribution is -0.870. The molecule has 0 rings (SSSR count). The van der Waals surface area contributed by atoms with E-state index in [1.54, 1.807) is 0 Å². The predicted octanol–water partition coefficient (Wildman–Crippen LogP) is 23.9. The van der Waals surface area contributed by atoms with E-state index < -0.39 is 24.3 Å². The lowest BCUT2D eigenvalue weighted by atomic mass is 10.0. The zero-order valence-corrected chi connectivity index (χ0v) is 61.2. The Balaban J connectivity index is 3.94. The van der Waals surface area contributed by atoms with Crippen molar-refractivity contribution in [2.24, 2.45) is 0 Å². The summed E-state index contributed by atoms with van der Waals surface area (Å²) in [6.07, 6.45) is 92.5. The molecular formula is C82H153NO8. The van der Waals surface area contributed by atoms with E-state index in [0.717, 1.165) is 57.8 Å². The Morgan fingerprint density at radius 3 is 0.934 bits per heavy atom. The first kappa shape index (κ1) is 88.2. The van der Waals surface area contributed by atoms with Crippen molar-refractivity contribution in [1.82, 2.24) is 0 Å². The van der Waals surface area contributed by atoms with Crippen LogP contribution in [0.4, 0.5) is 0 Å². The second-order valence-electron chi connectivity index (χ2n) is 28.3. The Bertz CT molecular complexity index is 1630. The van der Waals surface area contributed by atoms with E-state index in [4.69, 9.17) is 18.9 Å². The molecule has 0 amide bonds. The van der Waals surface area contributed by atoms with Gasteiger partial charge in [0.25, 0.3) is 0 Å². The third-order valence-corrected chi connectivity index (χ3v) is 18.1. The zero-order chi connectivity index (χ0) is 66.1. The molecule has 9 heteroatoms. The fourth-order valence-corrected chi connectivity index (χ4v) is 12.1. The van der Waals surface area contributed by atoms with Crippen LogP contribution in [0.25, 0.3) is 0 Å². The topological polar surface area (TPSA) is 111 Å². The molecule has 0 aliphatic carbocycles. The van der Waals surface area contributed by atoms with Gasteiger partial charge in [0.15, 0.2) is 12.4 Å². The van der Waals surface area contributed by atoms with Gasteiger partial charge >= 0.3 is 11.9 Å². The second kappa shape index (κ2) is 73.1. The monoisotopic (exact) mass is 1280 g/mol. The van der Waals surface area contributed by atoms with Crippen molar-refractivity contribution >= 4 is 17.9 Å². The van der Waals surface area contributed by atoms with Gasteiger partial charge in [0, 0.05) is 12.8 Å². The third kappa shape index (κ3) is 74.5. The van der Waals surface area contributed by atoms with Gasteiger partial charge in [-0.2, -0.15) is 0 Å². The maximum Gasteiger partial charge on any atom is 0.306 e. The molecule has 0 aromatic heterocycles. The summed E-state index contributed by atoms with van der Waals surface area (Å²) in [5.74, 6) is -2.26. The number of esters is 2. The number of likely N-dealkylation sites (N-methyl/N-ethyl adjacent to an activating group) is 1. The molecule has 91 heavy (non-hydrogen) atoms. The van der Waals surface area contributed by atoms with E-state index in [-0.39, 0.29) is 32.2 Å². The Morgan fingerprint density at radius 1 is 0.341 bits per heavy atom. The summed E-state index contributed by atoms with van der Waals surface area (Å²) >= 11 is 0. The number of carbonyl (C=O) groups is 3. The second-order valence-corrected chi connectivity index (χ2v) is 28.3. The molecule has 0 radical (unpaired) electrons. The number of allylic oxidation sites excluding steroid dienone is 8. The summed E-state index contributed by atoms with van der Waals surface area (Å²) < 4.78 is 22.9. The number of hydrogen-bond acceptors (Lipinski definition) is 8. The van der Waals surface area contributed by atoms with E-state index >= 15 is 0 Å². The Hall–Kier alpha value is -2.75. The van der Waals surface area contributed by atoms with Crippen LogP contribution >= 0.6 is 0 Å². The van der Waals surface area contributed by atoms with Gasteiger partial charge in [-0.05, 0) is 51.4 Å². The minimum Gasteiger partial charge on any atom is -0.545 e. The van der Waals surface area contributed by atoms with Gasteiger partial charge in [0.05, 0.1) is 40.3 Å². The predicted molar refractivity (Wildman–Crippen MR) is 389 cm³/mol. The Morgan fingerprint density at radius 2 is 0.626 bits per heavy atom. The smallest absolute Gasteiger partial charge is 0.306 e. The van der Waals surface area contributed by atoms with Crippen molar-refractivity contribution in [1.29, 1.82) is 0 Å². The number of carbonyl (C=O) groups excluding carboxylic acids is 3. The van der Waals surface area contributed by atoms with Gasteiger partial charge in [0.2, 0.25) is 0 Å². The number of quaternary nitrogens is 1. The van der Waals surface area contributed by atoms with E-state index in [1.165, 1.54) is 308 Å². The van der Waals surface area contributed by atoms with Crippen LogP contribution in [0.15, 0.2) is 48.6 Å². The van der Waals surface area contributed by atoms with Gasteiger partial charge in [0.1, 0.15) is 13.2 Å². The van der Waals surface area contributed by atoms with Crippen molar-refractivity contribution < 1.29 is 42.9 Å². The number of carboxylic acids is 1. The zero-order valence-electron chi connectivity index (χ0n) is 61.2. The quantitative estimate of drug-likeness (QED) is 0.0195. The highest BCUT2D eigenvalue weighted by Gasteiger charge is 2.22. The molecule has 0 N–H and O–H groups in total. The van der Waals surface area contributed by atoms with Crippen molar-refractivity contribution in [3.63, 3.8) is 0 Å². The molecule has 0 spiro atoms. The average Bonchev–Trinajstić information content (AvgIpc) is 3.46. The van der Waals surface area contributed by atoms with Crippen LogP contribution in [0.1, 0.15) is 399 Å². The van der Waals surface area contributed by atoms with Gasteiger partial charge in [-0.15, -0.1) is 0 Å². The Kier molecular flexibility index (Phi) is 70.9. The molecule has 0 aliphatic heterocycles. The lowest BCUT2D eigenvalue weighted by Gasteiger charge is -2.26. The number of rotatable bonds is 75. The van der Waals surface area contributed by atoms with Crippen molar-refractivity contribution in [3.05, 3.63) is 48.6 Å². The molecule has 0 aromatic rings. The van der Waals surface area contributed by atoms with Gasteiger partial charge in [-0.25, -0.2) is 0 Å². The van der Waals surface area contributed by atoms with Crippen molar-refractivity contribution in [2.45, 2.75) is 411 Å². The molecule has 0 saturated heterocycles. The minimum absolute atomic E-state index is 0.149. The fourth-order valence-electron chi connectivity index (χ4n) is 12.1. The summed E-state index contributed by atoms with van der Waals surface area (Å²) in [7, 11) is 5.95. The molecule has 0 heterocycles. The Labute approximate surface area is 565 Å². The molecule has 0 bridgehead atoms. The standard InChI is InChI=1S/C82H153NO8/c1-6-8-10-12-14-16-18-20-22-24-26-28-30-32-34-35-36-37-38-39-40-41-42-43-44-45-47-48-50-52-54-56-58-60-62-64-66-68-70-72-79(84)89-76-78(77-90-82(81(86)87)88-75-74-83(3,4)5)91-80(85)73-71-69-67-65-63-61-59-57-55-53-51-49-46-33-31-29-27-25-23-21-19-17-15-13-11-9-7-2/h9,11,15,17,21,23,27,29,78,82H,6-8,10,12-14,16,18-20,22,24-26,28,30-77H2,1-5H3/b11-9-,17-15-,23-21-,29-27-. The van der Waals surface area contributed by atoms with Crippen molar-refractivity contribution in [3.8, 4) is 0 Å². The lowest BCUT2D eigenvalue weighted by Crippen LogP contribution is -2.44. The van der Waals surface area contributed by atoms with Crippen LogP contribution < -0.4 is 5.11 Å². The number of carboxylic acid groups (broad SMARTS) is 1. The van der Waals surface area contributed by atoms with E-state index in [9.17, 15) is 19.5 Å². The van der Waals surface area contributed by atoms with Gasteiger partial charge in [-0.3, -0.25) is 9.59 Å². The number of ether oxygens (including phenoxy) is 4. The van der Waals surface area contributed by atoms with Gasteiger partial charge in [-0.1, -0.05) is 383 Å². The number of nitrogens with zero attached hydrogens (tertiary/aromatic N) is 1. The first-order valence-corrected chi connectivity index (χ1v) is 39.8. The maximum atomic E-state index is 13.0. The summed E-state index contributed by atoms with van der Waals surface area (Å²) in [4.78, 5) is 37.6. The molecule has 2 unspecified atom stereocenters. The SMILES string of the molecule is CC/C=C\C/C=C\C/C=C\C/C=C\CCCCCCCCCCCCCCCCC(=O)OC(COC(=O)CCCCCCCCCCCCCCCCCCCCCCCCCCCCCCCCCCCCCCCCC)COC(OCC[N+](C)(C)C)C(=O)[O-]. The highest BCUT2D eigenvalue weighted by atomic mass is 16.7. The summed E-state index contributed by atoms with van der Waals surface area (Å²) in [6.45, 7) is 4.71. The molecule has 0 saturated carbocycles. The van der Waals surface area contributed by atoms with Crippen LogP contribution in [-0.4, -0.2) is 82.3 Å². The number of aliphatic carboxylic acids is 1. The highest BCUT2D eigenvalue weighted by molar-refractivity contribution is 5.70. The highest BCUT2D eigenvalue weighted by Crippen LogP contribution is 2.20. The molecule has 534 valence electrons. The summed E-state index contributed by atoms with van der Waals surface area (Å²) in [5, 5.41) is 11.8. The van der Waals surface area contributed by atoms with E-state index in [2.05, 4.69) is 62.5 Å². The van der Waals surface area contributed by atoms with Crippen molar-refractivity contribution in [2.75, 3.05) is 47.5 Å². The average molecular weight is 1280 g/mol. The molecule has 0 aromatic carbocycles. The first-order chi connectivity index (χ1) is 44.6. The van der Waals surface area contributed by atoms with E-state index in [1.807, 2.05) is 21.1 Å². The van der Waals surface area contributed by atoms with E-state index in [0.29, 0.717) is 23.9 Å². The number of hydrogen-bond donors (Lipinski definition) is 0. The summed E-state index contributed by atoms with van der Waals surface area (Å²) in [5.41, 5.74) is 0. The molecule has 2 atom stereocenters. The van der Waals surface area contributed by atoms with Crippen LogP contribution in [0.3, 0.4) is 0 Å². The molecular weight excluding hydrogens is 1130 g/mol. The first-order valence-electron chi connectivity index (χ1n) is 39.8. The molecule has 0 aliphatic rings. The number of unbranched alkanes of at least 4 members (excludes halogenated alkanes) is 52. The largest absolute Gasteiger partial charge is 0.545 e. The maximum absolute atomic E-state index is 13.0. The minimum atomic E-state index is -1.62. The fraction of sp³-hybridized carbons (Fsp3) is 0.866. The van der Waals surface area contributed by atoms with Gasteiger partial charge < -0.3 is 33.3 Å².